The van der Waals surface area contributed by atoms with E-state index in [2.05, 4.69) is 48.5 Å². The second kappa shape index (κ2) is 7.51. The fraction of sp³-hybridized carbons (Fsp3) is 0.278. The molecule has 0 atom stereocenters. The summed E-state index contributed by atoms with van der Waals surface area (Å²) in [6.45, 7) is 5.86. The molecule has 136 valence electrons. The average molecular weight is 529 g/mol. The third-order valence-corrected chi connectivity index (χ3v) is 4.63. The summed E-state index contributed by atoms with van der Waals surface area (Å²) < 4.78 is 9.03. The lowest BCUT2D eigenvalue weighted by atomic mass is 10.2. The smallest absolute Gasteiger partial charge is 0.416 e. The summed E-state index contributed by atoms with van der Waals surface area (Å²) in [5.74, 6) is 0.445. The maximum Gasteiger partial charge on any atom is 0.416 e. The van der Waals surface area contributed by atoms with Crippen molar-refractivity contribution < 1.29 is 9.53 Å². The Morgan fingerprint density at radius 1 is 1.31 bits per heavy atom. The molecule has 3 aromatic rings. The van der Waals surface area contributed by atoms with Gasteiger partial charge in [-0.25, -0.2) is 14.8 Å². The molecule has 0 spiro atoms. The highest BCUT2D eigenvalue weighted by molar-refractivity contribution is 14.1. The SMILES string of the molecule is CC(C)(C)OC(=O)N(Cc1ccccc1)c1nc(Br)cn2c(I)cnc12. The molecule has 0 saturated heterocycles. The van der Waals surface area contributed by atoms with Crippen LogP contribution in [0.4, 0.5) is 10.6 Å². The van der Waals surface area contributed by atoms with Crippen molar-refractivity contribution in [3.63, 3.8) is 0 Å². The van der Waals surface area contributed by atoms with E-state index >= 15 is 0 Å². The van der Waals surface area contributed by atoms with Crippen LogP contribution < -0.4 is 4.90 Å². The number of rotatable bonds is 3. The van der Waals surface area contributed by atoms with E-state index in [1.807, 2.05) is 61.7 Å². The van der Waals surface area contributed by atoms with Gasteiger partial charge in [0.1, 0.15) is 13.9 Å². The van der Waals surface area contributed by atoms with Crippen LogP contribution in [-0.2, 0) is 11.3 Å². The van der Waals surface area contributed by atoms with Gasteiger partial charge >= 0.3 is 6.09 Å². The van der Waals surface area contributed by atoms with Crippen LogP contribution >= 0.6 is 38.5 Å². The summed E-state index contributed by atoms with van der Waals surface area (Å²) in [6, 6.07) is 9.73. The largest absolute Gasteiger partial charge is 0.443 e. The van der Waals surface area contributed by atoms with Crippen LogP contribution in [-0.4, -0.2) is 26.1 Å². The van der Waals surface area contributed by atoms with E-state index in [4.69, 9.17) is 4.74 Å². The Morgan fingerprint density at radius 2 is 2.00 bits per heavy atom. The van der Waals surface area contributed by atoms with Gasteiger partial charge in [0.2, 0.25) is 0 Å². The van der Waals surface area contributed by atoms with Gasteiger partial charge in [0, 0.05) is 6.20 Å². The number of hydrogen-bond donors (Lipinski definition) is 0. The molecule has 0 aliphatic carbocycles. The summed E-state index contributed by atoms with van der Waals surface area (Å²) in [5, 5.41) is 0. The number of ether oxygens (including phenoxy) is 1. The molecular weight excluding hydrogens is 511 g/mol. The molecule has 0 fully saturated rings. The number of halogens is 2. The number of nitrogens with zero attached hydrogens (tertiary/aromatic N) is 4. The van der Waals surface area contributed by atoms with Gasteiger partial charge in [0.25, 0.3) is 0 Å². The fourth-order valence-corrected chi connectivity index (χ4v) is 3.28. The molecule has 6 nitrogen and oxygen atoms in total. The zero-order valence-electron chi connectivity index (χ0n) is 14.6. The van der Waals surface area contributed by atoms with Gasteiger partial charge in [-0.3, -0.25) is 9.30 Å². The predicted molar refractivity (Wildman–Crippen MR) is 112 cm³/mol. The Labute approximate surface area is 173 Å². The molecule has 26 heavy (non-hydrogen) atoms. The van der Waals surface area contributed by atoms with Crippen LogP contribution in [0.2, 0.25) is 0 Å². The van der Waals surface area contributed by atoms with Crippen molar-refractivity contribution >= 4 is 56.1 Å². The van der Waals surface area contributed by atoms with E-state index < -0.39 is 11.7 Å². The molecule has 0 N–H and O–H groups in total. The zero-order chi connectivity index (χ0) is 18.9. The third-order valence-electron chi connectivity index (χ3n) is 3.45. The van der Waals surface area contributed by atoms with E-state index in [1.165, 1.54) is 4.90 Å². The average Bonchev–Trinajstić information content (AvgIpc) is 2.92. The van der Waals surface area contributed by atoms with Crippen molar-refractivity contribution in [2.24, 2.45) is 0 Å². The molecule has 2 heterocycles. The van der Waals surface area contributed by atoms with Crippen molar-refractivity contribution in [2.45, 2.75) is 32.9 Å². The summed E-state index contributed by atoms with van der Waals surface area (Å²) in [7, 11) is 0. The maximum absolute atomic E-state index is 12.9. The number of benzene rings is 1. The van der Waals surface area contributed by atoms with Crippen molar-refractivity contribution in [3.8, 4) is 0 Å². The number of carbonyl (C=O) groups excluding carboxylic acids is 1. The summed E-state index contributed by atoms with van der Waals surface area (Å²) in [6.07, 6.45) is 3.10. The van der Waals surface area contributed by atoms with Crippen LogP contribution in [0.3, 0.4) is 0 Å². The van der Waals surface area contributed by atoms with Crippen molar-refractivity contribution in [2.75, 3.05) is 4.90 Å². The molecule has 3 rings (SSSR count). The van der Waals surface area contributed by atoms with Crippen molar-refractivity contribution in [1.82, 2.24) is 14.4 Å². The number of carbonyl (C=O) groups is 1. The van der Waals surface area contributed by atoms with Crippen LogP contribution in [0.5, 0.6) is 0 Å². The van der Waals surface area contributed by atoms with Crippen LogP contribution in [0.25, 0.3) is 5.65 Å². The van der Waals surface area contributed by atoms with Crippen LogP contribution in [0.15, 0.2) is 47.3 Å². The molecule has 0 aliphatic rings. The number of hydrogen-bond acceptors (Lipinski definition) is 4. The lowest BCUT2D eigenvalue weighted by molar-refractivity contribution is 0.0576. The molecule has 8 heteroatoms. The van der Waals surface area contributed by atoms with E-state index in [-0.39, 0.29) is 0 Å². The molecule has 0 unspecified atom stereocenters. The molecule has 0 bridgehead atoms. The fourth-order valence-electron chi connectivity index (χ4n) is 2.40. The molecule has 2 aromatic heterocycles. The van der Waals surface area contributed by atoms with Gasteiger partial charge in [-0.1, -0.05) is 30.3 Å². The Balaban J connectivity index is 2.10. The predicted octanol–water partition coefficient (Wildman–Crippen LogP) is 5.04. The lowest BCUT2D eigenvalue weighted by Crippen LogP contribution is -2.37. The second-order valence-corrected chi connectivity index (χ2v) is 8.63. The van der Waals surface area contributed by atoms with Crippen molar-refractivity contribution in [3.05, 3.63) is 56.6 Å². The van der Waals surface area contributed by atoms with E-state index in [0.29, 0.717) is 22.6 Å². The number of imidazole rings is 1. The van der Waals surface area contributed by atoms with E-state index in [0.717, 1.165) is 9.26 Å². The summed E-state index contributed by atoms with van der Waals surface area (Å²) in [4.78, 5) is 23.4. The number of anilines is 1. The van der Waals surface area contributed by atoms with Crippen LogP contribution in [0, 0.1) is 3.70 Å². The van der Waals surface area contributed by atoms with Gasteiger partial charge in [0.05, 0.1) is 12.7 Å². The molecular formula is C18H18BrIN4O2. The highest BCUT2D eigenvalue weighted by atomic mass is 127. The maximum atomic E-state index is 12.9. The van der Waals surface area contributed by atoms with E-state index in [9.17, 15) is 4.79 Å². The Hall–Kier alpha value is -1.68. The minimum absolute atomic E-state index is 0.332. The number of amides is 1. The van der Waals surface area contributed by atoms with E-state index in [1.54, 1.807) is 6.20 Å². The molecule has 1 amide bonds. The van der Waals surface area contributed by atoms with Crippen molar-refractivity contribution in [1.29, 1.82) is 0 Å². The Kier molecular flexibility index (Phi) is 5.52. The van der Waals surface area contributed by atoms with Crippen LogP contribution in [0.1, 0.15) is 26.3 Å². The molecule has 1 aromatic carbocycles. The quantitative estimate of drug-likeness (QED) is 0.447. The zero-order valence-corrected chi connectivity index (χ0v) is 18.4. The van der Waals surface area contributed by atoms with Gasteiger partial charge in [-0.05, 0) is 64.9 Å². The Morgan fingerprint density at radius 3 is 2.65 bits per heavy atom. The minimum Gasteiger partial charge on any atom is -0.443 e. The molecule has 0 saturated carbocycles. The highest BCUT2D eigenvalue weighted by Crippen LogP contribution is 2.26. The van der Waals surface area contributed by atoms with Gasteiger partial charge in [-0.2, -0.15) is 0 Å². The normalized spacial score (nSPS) is 11.6. The topological polar surface area (TPSA) is 59.7 Å². The first-order valence-electron chi connectivity index (χ1n) is 7.98. The second-order valence-electron chi connectivity index (χ2n) is 6.71. The third kappa shape index (κ3) is 4.35. The Bertz CT molecular complexity index is 938. The first kappa shape index (κ1) is 19.1. The first-order chi connectivity index (χ1) is 12.2. The van der Waals surface area contributed by atoms with Gasteiger partial charge in [0.15, 0.2) is 11.5 Å². The van der Waals surface area contributed by atoms with Gasteiger partial charge < -0.3 is 4.74 Å². The summed E-state index contributed by atoms with van der Waals surface area (Å²) >= 11 is 5.61. The van der Waals surface area contributed by atoms with Gasteiger partial charge in [-0.15, -0.1) is 0 Å². The highest BCUT2D eigenvalue weighted by Gasteiger charge is 2.27. The summed E-state index contributed by atoms with van der Waals surface area (Å²) in [5.41, 5.74) is 0.956. The monoisotopic (exact) mass is 528 g/mol. The standard InChI is InChI=1S/C18H18BrIN4O2/c1-18(2,3)26-17(25)24(10-12-7-5-4-6-8-12)16-15-21-9-14(20)23(15)11-13(19)22-16/h4-9,11H,10H2,1-3H3. The number of aromatic nitrogens is 3. The lowest BCUT2D eigenvalue weighted by Gasteiger charge is -2.27. The minimum atomic E-state index is -0.613. The molecule has 0 radical (unpaired) electrons. The first-order valence-corrected chi connectivity index (χ1v) is 9.85. The molecule has 0 aliphatic heterocycles. The number of fused-ring (bicyclic) bond motifs is 1.